The summed E-state index contributed by atoms with van der Waals surface area (Å²) in [6.45, 7) is 8.86. The molecule has 1 aliphatic heterocycles. The number of nitrogens with zero attached hydrogens (tertiary/aromatic N) is 1. The quantitative estimate of drug-likeness (QED) is 0.885. The first-order valence-corrected chi connectivity index (χ1v) is 6.92. The van der Waals surface area contributed by atoms with Crippen molar-refractivity contribution in [2.45, 2.75) is 33.2 Å². The van der Waals surface area contributed by atoms with Gasteiger partial charge in [-0.2, -0.15) is 0 Å². The zero-order valence-corrected chi connectivity index (χ0v) is 12.4. The summed E-state index contributed by atoms with van der Waals surface area (Å²) < 4.78 is 0. The third-order valence-corrected chi connectivity index (χ3v) is 3.48. The van der Waals surface area contributed by atoms with E-state index in [9.17, 15) is 4.79 Å². The molecule has 1 aromatic rings. The van der Waals surface area contributed by atoms with Crippen LogP contribution in [0, 0.1) is 5.41 Å². The normalized spacial score (nSPS) is 18.8. The van der Waals surface area contributed by atoms with Crippen molar-refractivity contribution in [1.82, 2.24) is 10.2 Å². The zero-order valence-electron chi connectivity index (χ0n) is 12.4. The Morgan fingerprint density at radius 1 is 1.37 bits per heavy atom. The van der Waals surface area contributed by atoms with E-state index >= 15 is 0 Å². The van der Waals surface area contributed by atoms with E-state index in [4.69, 9.17) is 0 Å². The van der Waals surface area contributed by atoms with Crippen LogP contribution >= 0.6 is 0 Å². The van der Waals surface area contributed by atoms with Crippen molar-refractivity contribution in [1.29, 1.82) is 0 Å². The summed E-state index contributed by atoms with van der Waals surface area (Å²) in [5.41, 5.74) is 2.56. The molecule has 0 saturated heterocycles. The van der Waals surface area contributed by atoms with Gasteiger partial charge in [0.15, 0.2) is 0 Å². The molecule has 1 amide bonds. The third-order valence-electron chi connectivity index (χ3n) is 3.48. The van der Waals surface area contributed by atoms with Crippen LogP contribution in [0.4, 0.5) is 0 Å². The van der Waals surface area contributed by atoms with E-state index in [1.165, 1.54) is 11.1 Å². The molecule has 1 N–H and O–H groups in total. The van der Waals surface area contributed by atoms with Crippen LogP contribution < -0.4 is 5.32 Å². The molecular weight excluding hydrogens is 236 g/mol. The maximum atomic E-state index is 12.6. The number of likely N-dealkylation sites (N-methyl/N-ethyl adjacent to an activating group) is 1. The van der Waals surface area contributed by atoms with E-state index in [1.54, 1.807) is 0 Å². The van der Waals surface area contributed by atoms with Gasteiger partial charge in [-0.1, -0.05) is 45.0 Å². The lowest BCUT2D eigenvalue weighted by Crippen LogP contribution is -2.42. The summed E-state index contributed by atoms with van der Waals surface area (Å²) in [5, 5.41) is 3.34. The first-order chi connectivity index (χ1) is 8.88. The number of nitrogens with one attached hydrogen (secondary N) is 1. The van der Waals surface area contributed by atoms with Crippen LogP contribution in [0.2, 0.25) is 0 Å². The van der Waals surface area contributed by atoms with Crippen LogP contribution in [0.3, 0.4) is 0 Å². The highest BCUT2D eigenvalue weighted by atomic mass is 16.2. The Labute approximate surface area is 116 Å². The molecule has 1 aliphatic rings. The average Bonchev–Trinajstić information content (AvgIpc) is 2.35. The lowest BCUT2D eigenvalue weighted by Gasteiger charge is -2.32. The molecule has 0 aliphatic carbocycles. The van der Waals surface area contributed by atoms with Gasteiger partial charge in [0.1, 0.15) is 0 Å². The first kappa shape index (κ1) is 14.1. The maximum Gasteiger partial charge on any atom is 0.231 e. The topological polar surface area (TPSA) is 32.3 Å². The second-order valence-electron chi connectivity index (χ2n) is 6.64. The Bertz CT molecular complexity index is 462. The molecule has 19 heavy (non-hydrogen) atoms. The van der Waals surface area contributed by atoms with Gasteiger partial charge < -0.3 is 10.2 Å². The van der Waals surface area contributed by atoms with E-state index in [1.807, 2.05) is 24.1 Å². The minimum atomic E-state index is -0.0442. The van der Waals surface area contributed by atoms with Crippen LogP contribution in [0.25, 0.3) is 0 Å². The molecule has 3 nitrogen and oxygen atoms in total. The molecule has 2 rings (SSSR count). The summed E-state index contributed by atoms with van der Waals surface area (Å²) in [4.78, 5) is 14.5. The number of hydrogen-bond donors (Lipinski definition) is 1. The standard InChI is InChI=1S/C16H24N2O/c1-16(2,3)11-18(4)15(19)14-10-17-9-12-7-5-6-8-13(12)14/h5-8,14,17H,9-11H2,1-4H3. The Hall–Kier alpha value is -1.35. The van der Waals surface area contributed by atoms with Gasteiger partial charge in [0.2, 0.25) is 5.91 Å². The van der Waals surface area contributed by atoms with Crippen molar-refractivity contribution in [2.75, 3.05) is 20.1 Å². The molecule has 0 fully saturated rings. The van der Waals surface area contributed by atoms with Gasteiger partial charge in [0, 0.05) is 26.7 Å². The second-order valence-corrected chi connectivity index (χ2v) is 6.64. The molecule has 0 aromatic heterocycles. The van der Waals surface area contributed by atoms with Gasteiger partial charge in [0.05, 0.1) is 5.92 Å². The van der Waals surface area contributed by atoms with Crippen LogP contribution in [-0.4, -0.2) is 30.9 Å². The largest absolute Gasteiger partial charge is 0.345 e. The fourth-order valence-electron chi connectivity index (χ4n) is 2.77. The average molecular weight is 260 g/mol. The van der Waals surface area contributed by atoms with Crippen LogP contribution in [0.5, 0.6) is 0 Å². The molecule has 104 valence electrons. The number of carbonyl (C=O) groups excluding carboxylic acids is 1. The predicted molar refractivity (Wildman–Crippen MR) is 78.0 cm³/mol. The molecule has 1 aromatic carbocycles. The van der Waals surface area contributed by atoms with E-state index in [0.717, 1.165) is 19.6 Å². The highest BCUT2D eigenvalue weighted by molar-refractivity contribution is 5.84. The molecule has 0 saturated carbocycles. The smallest absolute Gasteiger partial charge is 0.231 e. The third kappa shape index (κ3) is 3.35. The molecular formula is C16H24N2O. The number of rotatable bonds is 2. The highest BCUT2D eigenvalue weighted by Gasteiger charge is 2.29. The number of amides is 1. The molecule has 1 heterocycles. The minimum absolute atomic E-state index is 0.0442. The Balaban J connectivity index is 2.17. The maximum absolute atomic E-state index is 12.6. The second kappa shape index (κ2) is 5.33. The Morgan fingerprint density at radius 2 is 2.05 bits per heavy atom. The molecule has 0 spiro atoms. The van der Waals surface area contributed by atoms with Crippen molar-refractivity contribution >= 4 is 5.91 Å². The van der Waals surface area contributed by atoms with Gasteiger partial charge in [-0.25, -0.2) is 0 Å². The molecule has 1 atom stereocenters. The fourth-order valence-corrected chi connectivity index (χ4v) is 2.77. The summed E-state index contributed by atoms with van der Waals surface area (Å²) in [7, 11) is 1.91. The number of benzene rings is 1. The van der Waals surface area contributed by atoms with Crippen LogP contribution in [0.1, 0.15) is 37.8 Å². The zero-order chi connectivity index (χ0) is 14.0. The molecule has 0 bridgehead atoms. The summed E-state index contributed by atoms with van der Waals surface area (Å²) >= 11 is 0. The van der Waals surface area contributed by atoms with Crippen molar-refractivity contribution in [2.24, 2.45) is 5.41 Å². The summed E-state index contributed by atoms with van der Waals surface area (Å²) in [6, 6.07) is 8.25. The van der Waals surface area contributed by atoms with E-state index in [-0.39, 0.29) is 17.2 Å². The van der Waals surface area contributed by atoms with Gasteiger partial charge >= 0.3 is 0 Å². The minimum Gasteiger partial charge on any atom is -0.345 e. The van der Waals surface area contributed by atoms with E-state index < -0.39 is 0 Å². The lowest BCUT2D eigenvalue weighted by atomic mass is 9.89. The molecule has 1 unspecified atom stereocenters. The van der Waals surface area contributed by atoms with Crippen molar-refractivity contribution < 1.29 is 4.79 Å². The van der Waals surface area contributed by atoms with Crippen LogP contribution in [-0.2, 0) is 11.3 Å². The highest BCUT2D eigenvalue weighted by Crippen LogP contribution is 2.26. The SMILES string of the molecule is CN(CC(C)(C)C)C(=O)C1CNCc2ccccc21. The fraction of sp³-hybridized carbons (Fsp3) is 0.562. The van der Waals surface area contributed by atoms with Gasteiger partial charge in [0.25, 0.3) is 0 Å². The predicted octanol–water partition coefficient (Wildman–Crippen LogP) is 2.38. The number of hydrogen-bond acceptors (Lipinski definition) is 2. The number of fused-ring (bicyclic) bond motifs is 1. The van der Waals surface area contributed by atoms with Gasteiger partial charge in [-0.15, -0.1) is 0 Å². The number of carbonyl (C=O) groups is 1. The van der Waals surface area contributed by atoms with Crippen LogP contribution in [0.15, 0.2) is 24.3 Å². The van der Waals surface area contributed by atoms with Crippen molar-refractivity contribution in [3.63, 3.8) is 0 Å². The van der Waals surface area contributed by atoms with E-state index in [0.29, 0.717) is 0 Å². The lowest BCUT2D eigenvalue weighted by molar-refractivity contribution is -0.132. The monoisotopic (exact) mass is 260 g/mol. The summed E-state index contributed by atoms with van der Waals surface area (Å²) in [5.74, 6) is 0.173. The summed E-state index contributed by atoms with van der Waals surface area (Å²) in [6.07, 6.45) is 0. The van der Waals surface area contributed by atoms with Gasteiger partial charge in [-0.05, 0) is 16.5 Å². The van der Waals surface area contributed by atoms with Crippen molar-refractivity contribution in [3.8, 4) is 0 Å². The first-order valence-electron chi connectivity index (χ1n) is 6.92. The Kier molecular flexibility index (Phi) is 3.95. The van der Waals surface area contributed by atoms with Crippen molar-refractivity contribution in [3.05, 3.63) is 35.4 Å². The van der Waals surface area contributed by atoms with Gasteiger partial charge in [-0.3, -0.25) is 4.79 Å². The van der Waals surface area contributed by atoms with E-state index in [2.05, 4.69) is 38.2 Å². The molecule has 3 heteroatoms. The Morgan fingerprint density at radius 3 is 2.74 bits per heavy atom. The molecule has 0 radical (unpaired) electrons.